The van der Waals surface area contributed by atoms with E-state index in [-0.39, 0.29) is 6.04 Å². The van der Waals surface area contributed by atoms with Gasteiger partial charge in [-0.3, -0.25) is 0 Å². The van der Waals surface area contributed by atoms with E-state index in [9.17, 15) is 5.11 Å². The molecule has 2 heterocycles. The summed E-state index contributed by atoms with van der Waals surface area (Å²) in [6.45, 7) is 6.31. The van der Waals surface area contributed by atoms with Crippen LogP contribution in [0.2, 0.25) is 0 Å². The van der Waals surface area contributed by atoms with Gasteiger partial charge in [-0.1, -0.05) is 32.6 Å². The van der Waals surface area contributed by atoms with Crippen molar-refractivity contribution in [3.8, 4) is 24.3 Å². The number of nitrogens with one attached hydrogen (secondary N) is 1. The lowest BCUT2D eigenvalue weighted by Crippen LogP contribution is -2.32. The van der Waals surface area contributed by atoms with Gasteiger partial charge in [0.25, 0.3) is 0 Å². The summed E-state index contributed by atoms with van der Waals surface area (Å²) in [6.07, 6.45) is 11.5. The quantitative estimate of drug-likeness (QED) is 0.832. The molecule has 0 bridgehead atoms. The lowest BCUT2D eigenvalue weighted by molar-refractivity contribution is 0.0410. The lowest BCUT2D eigenvalue weighted by Gasteiger charge is -2.30. The van der Waals surface area contributed by atoms with Crippen molar-refractivity contribution in [1.82, 2.24) is 19.5 Å². The van der Waals surface area contributed by atoms with Crippen LogP contribution in [-0.4, -0.2) is 36.3 Å². The van der Waals surface area contributed by atoms with Gasteiger partial charge in [0, 0.05) is 12.1 Å². The number of terminal acetylenes is 1. The average molecular weight is 351 g/mol. The number of anilines is 1. The molecular formula is C20H25N5O. The van der Waals surface area contributed by atoms with Crippen LogP contribution in [0.3, 0.4) is 0 Å². The Morgan fingerprint density at radius 2 is 2.31 bits per heavy atom. The van der Waals surface area contributed by atoms with Gasteiger partial charge in [0.2, 0.25) is 5.82 Å². The number of fused-ring (bicyclic) bond motifs is 1. The summed E-state index contributed by atoms with van der Waals surface area (Å²) in [5.74, 6) is 7.40. The van der Waals surface area contributed by atoms with E-state index in [1.807, 2.05) is 0 Å². The molecule has 26 heavy (non-hydrogen) atoms. The lowest BCUT2D eigenvalue weighted by atomic mass is 9.79. The van der Waals surface area contributed by atoms with Gasteiger partial charge in [-0.05, 0) is 44.4 Å². The molecule has 2 aromatic rings. The molecule has 1 aliphatic carbocycles. The third-order valence-corrected chi connectivity index (χ3v) is 4.91. The van der Waals surface area contributed by atoms with Gasteiger partial charge >= 0.3 is 0 Å². The minimum atomic E-state index is -0.966. The van der Waals surface area contributed by atoms with Gasteiger partial charge in [-0.15, -0.1) is 0 Å². The molecule has 2 aromatic heterocycles. The Hall–Kier alpha value is -2.57. The Kier molecular flexibility index (Phi) is 5.15. The highest BCUT2D eigenvalue weighted by Crippen LogP contribution is 2.31. The second-order valence-corrected chi connectivity index (χ2v) is 7.25. The maximum atomic E-state index is 10.7. The van der Waals surface area contributed by atoms with Crippen LogP contribution in [0, 0.1) is 30.2 Å². The molecule has 0 aromatic carbocycles. The van der Waals surface area contributed by atoms with Crippen molar-refractivity contribution in [1.29, 1.82) is 0 Å². The van der Waals surface area contributed by atoms with Crippen molar-refractivity contribution >= 4 is 17.0 Å². The Morgan fingerprint density at radius 3 is 3.00 bits per heavy atom. The maximum absolute atomic E-state index is 10.7. The first-order chi connectivity index (χ1) is 12.4. The number of rotatable bonds is 3. The van der Waals surface area contributed by atoms with Crippen LogP contribution >= 0.6 is 0 Å². The molecule has 3 atom stereocenters. The smallest absolute Gasteiger partial charge is 0.209 e. The first-order valence-electron chi connectivity index (χ1n) is 9.18. The standard InChI is InChI=1S/C20H25N5O/c1-5-15(4)22-18-17-19(25(6-2)13-21-17)24-16(23-18)9-11-20(26)10-7-8-14(3)12-20/h2,13-15,26H,5,7-8,10,12H2,1,3-4H3,(H,22,23,24)/t14-,15+,20-/m1/s1. The summed E-state index contributed by atoms with van der Waals surface area (Å²) in [5.41, 5.74) is 0.201. The zero-order chi connectivity index (χ0) is 18.7. The number of hydrogen-bond acceptors (Lipinski definition) is 5. The number of nitrogens with zero attached hydrogens (tertiary/aromatic N) is 4. The van der Waals surface area contributed by atoms with Crippen molar-refractivity contribution in [2.45, 2.75) is 64.5 Å². The normalized spacial score (nSPS) is 23.7. The fourth-order valence-corrected chi connectivity index (χ4v) is 3.30. The van der Waals surface area contributed by atoms with Crippen molar-refractivity contribution in [3.63, 3.8) is 0 Å². The van der Waals surface area contributed by atoms with E-state index in [0.717, 1.165) is 19.3 Å². The summed E-state index contributed by atoms with van der Waals surface area (Å²) in [6, 6.07) is 2.76. The molecule has 0 saturated heterocycles. The third-order valence-electron chi connectivity index (χ3n) is 4.91. The monoisotopic (exact) mass is 351 g/mol. The molecule has 0 radical (unpaired) electrons. The Bertz CT molecular complexity index is 901. The molecule has 0 aliphatic heterocycles. The van der Waals surface area contributed by atoms with Crippen LogP contribution in [0.5, 0.6) is 0 Å². The van der Waals surface area contributed by atoms with Crippen LogP contribution in [0.15, 0.2) is 6.33 Å². The zero-order valence-electron chi connectivity index (χ0n) is 15.6. The molecule has 3 rings (SSSR count). The van der Waals surface area contributed by atoms with E-state index in [2.05, 4.69) is 58.9 Å². The Labute approximate surface area is 154 Å². The highest BCUT2D eigenvalue weighted by Gasteiger charge is 2.30. The van der Waals surface area contributed by atoms with Crippen molar-refractivity contribution in [2.24, 2.45) is 5.92 Å². The first-order valence-corrected chi connectivity index (χ1v) is 9.18. The highest BCUT2D eigenvalue weighted by atomic mass is 16.3. The zero-order valence-corrected chi connectivity index (χ0v) is 15.6. The molecule has 1 saturated carbocycles. The summed E-state index contributed by atoms with van der Waals surface area (Å²) in [5, 5.41) is 14.1. The van der Waals surface area contributed by atoms with Gasteiger partial charge in [-0.25, -0.2) is 14.5 Å². The Morgan fingerprint density at radius 1 is 1.50 bits per heavy atom. The fourth-order valence-electron chi connectivity index (χ4n) is 3.30. The number of imidazole rings is 1. The number of hydrogen-bond donors (Lipinski definition) is 2. The highest BCUT2D eigenvalue weighted by molar-refractivity contribution is 5.84. The molecule has 6 nitrogen and oxygen atoms in total. The van der Waals surface area contributed by atoms with E-state index in [0.29, 0.717) is 41.6 Å². The predicted octanol–water partition coefficient (Wildman–Crippen LogP) is 2.77. The SMILES string of the molecule is C#Cn1cnc2c(N[C@@H](C)CC)nc(C#C[C@]3(O)CCC[C@@H](C)C3)nc21. The number of aliphatic hydroxyl groups is 1. The van der Waals surface area contributed by atoms with Crippen LogP contribution < -0.4 is 5.32 Å². The van der Waals surface area contributed by atoms with Crippen LogP contribution in [0.4, 0.5) is 5.82 Å². The van der Waals surface area contributed by atoms with Gasteiger partial charge in [0.15, 0.2) is 17.0 Å². The van der Waals surface area contributed by atoms with Crippen LogP contribution in [-0.2, 0) is 0 Å². The van der Waals surface area contributed by atoms with Crippen molar-refractivity contribution in [3.05, 3.63) is 12.2 Å². The second-order valence-electron chi connectivity index (χ2n) is 7.25. The largest absolute Gasteiger partial charge is 0.378 e. The van der Waals surface area contributed by atoms with E-state index in [1.54, 1.807) is 6.33 Å². The van der Waals surface area contributed by atoms with Gasteiger partial charge in [-0.2, -0.15) is 4.98 Å². The summed E-state index contributed by atoms with van der Waals surface area (Å²) < 4.78 is 1.52. The van der Waals surface area contributed by atoms with E-state index >= 15 is 0 Å². The molecule has 6 heteroatoms. The van der Waals surface area contributed by atoms with Crippen molar-refractivity contribution in [2.75, 3.05) is 5.32 Å². The first kappa shape index (κ1) is 18.2. The van der Waals surface area contributed by atoms with Gasteiger partial charge in [0.1, 0.15) is 11.9 Å². The molecular weight excluding hydrogens is 326 g/mol. The number of aromatic nitrogens is 4. The molecule has 2 N–H and O–H groups in total. The molecule has 1 fully saturated rings. The van der Waals surface area contributed by atoms with Crippen LogP contribution in [0.1, 0.15) is 58.7 Å². The van der Waals surface area contributed by atoms with E-state index < -0.39 is 5.60 Å². The van der Waals surface area contributed by atoms with Gasteiger partial charge in [0.05, 0.1) is 0 Å². The maximum Gasteiger partial charge on any atom is 0.209 e. The van der Waals surface area contributed by atoms with Crippen LogP contribution in [0.25, 0.3) is 11.2 Å². The van der Waals surface area contributed by atoms with Crippen molar-refractivity contribution < 1.29 is 5.11 Å². The molecule has 136 valence electrons. The summed E-state index contributed by atoms with van der Waals surface area (Å²) in [4.78, 5) is 13.3. The summed E-state index contributed by atoms with van der Waals surface area (Å²) >= 11 is 0. The fraction of sp³-hybridized carbons (Fsp3) is 0.550. The average Bonchev–Trinajstić information content (AvgIpc) is 3.03. The Balaban J connectivity index is 2.01. The molecule has 1 aliphatic rings. The molecule has 0 amide bonds. The minimum absolute atomic E-state index is 0.230. The predicted molar refractivity (Wildman–Crippen MR) is 102 cm³/mol. The molecule has 0 unspecified atom stereocenters. The third kappa shape index (κ3) is 3.81. The van der Waals surface area contributed by atoms with Gasteiger partial charge < -0.3 is 10.4 Å². The molecule has 0 spiro atoms. The minimum Gasteiger partial charge on any atom is -0.378 e. The second kappa shape index (κ2) is 7.35. The summed E-state index contributed by atoms with van der Waals surface area (Å²) in [7, 11) is 0. The topological polar surface area (TPSA) is 75.9 Å². The van der Waals surface area contributed by atoms with E-state index in [1.165, 1.54) is 4.57 Å². The van der Waals surface area contributed by atoms with E-state index in [4.69, 9.17) is 6.42 Å².